The number of esters is 1. The summed E-state index contributed by atoms with van der Waals surface area (Å²) in [5.41, 5.74) is 6.56. The van der Waals surface area contributed by atoms with Gasteiger partial charge in [0.1, 0.15) is 30.1 Å². The third-order valence-electron chi connectivity index (χ3n) is 15.5. The standard InChI is InChI=1S/C56H88N2O15/c1-34-16-11-10-12-17-35(2)46(70-26-15-19-49(57)61)32-42-22-20-40(7)56(67,73-42)53(64)54(65)58-24-14-13-18-43(58)55(66)72-47(37(4)30-41-21-23-45(71-27-25-59)48(31-41)68-8)33-44(60)36(3)29-39(6)51(63)52(69-9)50(62)38(5)28-34/h10-12,16-17,29,34,36-38,40-43,45-48,51-52,59,63,67H,13-15,18-28,30-33H2,1-9H3,(H2,57,61)/b12-10+,16-11+,35-17+,39-29+/t34-,36-,37-,38-,40-,41+,42+,43+,45-,46+,47+,48-,51-,52+,56-/m1/s1. The van der Waals surface area contributed by atoms with E-state index >= 15 is 0 Å². The molecule has 0 aromatic carbocycles. The van der Waals surface area contributed by atoms with Crippen molar-refractivity contribution in [3.8, 4) is 0 Å². The van der Waals surface area contributed by atoms with Crippen LogP contribution >= 0.6 is 0 Å². The summed E-state index contributed by atoms with van der Waals surface area (Å²) in [5.74, 6) is -8.82. The van der Waals surface area contributed by atoms with Crippen LogP contribution in [0.15, 0.2) is 47.6 Å². The average molecular weight is 1030 g/mol. The fourth-order valence-electron chi connectivity index (χ4n) is 10.9. The third kappa shape index (κ3) is 17.8. The maximum atomic E-state index is 14.5. The molecule has 15 atom stereocenters. The summed E-state index contributed by atoms with van der Waals surface area (Å²) in [7, 11) is 2.99. The fraction of sp³-hybridized carbons (Fsp3) is 0.750. The van der Waals surface area contributed by atoms with Crippen LogP contribution in [0.25, 0.3) is 0 Å². The van der Waals surface area contributed by atoms with Crippen molar-refractivity contribution in [2.24, 2.45) is 41.2 Å². The van der Waals surface area contributed by atoms with Gasteiger partial charge < -0.3 is 54.4 Å². The van der Waals surface area contributed by atoms with Gasteiger partial charge in [-0.05, 0) is 113 Å². The number of aliphatic hydroxyl groups is 3. The van der Waals surface area contributed by atoms with Crippen molar-refractivity contribution in [2.75, 3.05) is 40.6 Å². The number of ketones is 3. The predicted molar refractivity (Wildman–Crippen MR) is 273 cm³/mol. The molecule has 3 heterocycles. The zero-order valence-corrected chi connectivity index (χ0v) is 45.0. The molecule has 1 aliphatic carbocycles. The van der Waals surface area contributed by atoms with Crippen molar-refractivity contribution < 1.29 is 72.5 Å². The Morgan fingerprint density at radius 3 is 2.32 bits per heavy atom. The number of nitrogens with zero attached hydrogens (tertiary/aromatic N) is 1. The van der Waals surface area contributed by atoms with Gasteiger partial charge in [0, 0.05) is 64.4 Å². The van der Waals surface area contributed by atoms with Gasteiger partial charge in [-0.25, -0.2) is 4.79 Å². The SMILES string of the molecule is CO[C@@H]1C[C@H](C[C@@H](C)[C@@H]2CC(=O)[C@H](C)/C=C(\C)[C@@H](O)[C@@H](OC)C(=O)[C@H](C)C[C@H](C)/C=C/C=C/C=C(\C)[C@@H](OCCCC(N)=O)C[C@@H]3CC[C@@H](C)[C@@](O)(O3)C(=O)C(=O)N3CCCC[C@H]3C(=O)O2)CC[C@H]1OCCO. The first-order valence-electron chi connectivity index (χ1n) is 26.7. The van der Waals surface area contributed by atoms with E-state index < -0.39 is 83.7 Å². The number of carbonyl (C=O) groups excluding carboxylic acids is 6. The second-order valence-corrected chi connectivity index (χ2v) is 21.4. The molecule has 0 unspecified atom stereocenters. The van der Waals surface area contributed by atoms with Crippen LogP contribution in [0.3, 0.4) is 0 Å². The molecule has 4 rings (SSSR count). The first-order chi connectivity index (χ1) is 34.6. The van der Waals surface area contributed by atoms with E-state index in [2.05, 4.69) is 0 Å². The van der Waals surface area contributed by atoms with E-state index in [-0.39, 0.29) is 93.6 Å². The van der Waals surface area contributed by atoms with Gasteiger partial charge in [0.15, 0.2) is 5.78 Å². The van der Waals surface area contributed by atoms with Crippen LogP contribution in [0, 0.1) is 35.5 Å². The summed E-state index contributed by atoms with van der Waals surface area (Å²) in [5, 5.41) is 33.0. The van der Waals surface area contributed by atoms with Crippen LogP contribution in [-0.4, -0.2) is 150 Å². The van der Waals surface area contributed by atoms with Crippen LogP contribution in [0.1, 0.15) is 138 Å². The topological polar surface area (TPSA) is 248 Å². The molecular formula is C56H88N2O15. The molecule has 4 aliphatic rings. The number of ether oxygens (including phenoxy) is 6. The van der Waals surface area contributed by atoms with E-state index in [1.54, 1.807) is 40.9 Å². The number of nitrogens with two attached hydrogens (primary N) is 1. The molecule has 2 bridgehead atoms. The molecule has 2 saturated heterocycles. The third-order valence-corrected chi connectivity index (χ3v) is 15.5. The first-order valence-corrected chi connectivity index (χ1v) is 26.7. The molecule has 0 aromatic rings. The van der Waals surface area contributed by atoms with Gasteiger partial charge in [-0.2, -0.15) is 0 Å². The fourth-order valence-corrected chi connectivity index (χ4v) is 10.9. The second-order valence-electron chi connectivity index (χ2n) is 21.4. The number of primary amides is 1. The molecule has 0 spiro atoms. The van der Waals surface area contributed by atoms with E-state index in [1.165, 1.54) is 12.0 Å². The minimum absolute atomic E-state index is 0.0262. The first kappa shape index (κ1) is 61.6. The maximum absolute atomic E-state index is 14.5. The highest BCUT2D eigenvalue weighted by Crippen LogP contribution is 2.38. The number of fused-ring (bicyclic) bond motifs is 3. The zero-order valence-electron chi connectivity index (χ0n) is 45.0. The summed E-state index contributed by atoms with van der Waals surface area (Å²) >= 11 is 0. The Balaban J connectivity index is 1.72. The van der Waals surface area contributed by atoms with E-state index in [0.717, 1.165) is 12.0 Å². The molecule has 1 saturated carbocycles. The number of aliphatic hydroxyl groups excluding tert-OH is 2. The molecular weight excluding hydrogens is 941 g/mol. The minimum Gasteiger partial charge on any atom is -0.460 e. The molecule has 5 N–H and O–H groups in total. The Morgan fingerprint density at radius 2 is 1.63 bits per heavy atom. The summed E-state index contributed by atoms with van der Waals surface area (Å²) in [4.78, 5) is 84.1. The number of methoxy groups -OCH3 is 2. The van der Waals surface area contributed by atoms with Crippen molar-refractivity contribution >= 4 is 35.1 Å². The molecule has 412 valence electrons. The highest BCUT2D eigenvalue weighted by molar-refractivity contribution is 6.39. The number of cyclic esters (lactones) is 1. The Labute approximate surface area is 433 Å². The number of hydrogen-bond acceptors (Lipinski definition) is 15. The molecule has 17 nitrogen and oxygen atoms in total. The normalized spacial score (nSPS) is 37.2. The van der Waals surface area contributed by atoms with Crippen molar-refractivity contribution in [1.29, 1.82) is 0 Å². The molecule has 17 heteroatoms. The highest BCUT2D eigenvalue weighted by Gasteiger charge is 2.53. The smallest absolute Gasteiger partial charge is 0.329 e. The summed E-state index contributed by atoms with van der Waals surface area (Å²) in [6, 6.07) is -1.18. The zero-order chi connectivity index (χ0) is 54.0. The highest BCUT2D eigenvalue weighted by atomic mass is 16.6. The molecule has 3 fully saturated rings. The number of hydrogen-bond donors (Lipinski definition) is 4. The van der Waals surface area contributed by atoms with Gasteiger partial charge >= 0.3 is 5.97 Å². The van der Waals surface area contributed by atoms with Crippen molar-refractivity contribution in [3.63, 3.8) is 0 Å². The van der Waals surface area contributed by atoms with Gasteiger partial charge in [-0.15, -0.1) is 0 Å². The predicted octanol–water partition coefficient (Wildman–Crippen LogP) is 5.83. The molecule has 0 radical (unpaired) electrons. The average Bonchev–Trinajstić information content (AvgIpc) is 3.36. The van der Waals surface area contributed by atoms with Gasteiger partial charge in [0.2, 0.25) is 11.7 Å². The lowest BCUT2D eigenvalue weighted by molar-refractivity contribution is -0.266. The van der Waals surface area contributed by atoms with E-state index in [4.69, 9.17) is 34.2 Å². The van der Waals surface area contributed by atoms with Crippen LogP contribution in [-0.2, 0) is 57.2 Å². The molecule has 0 aromatic heterocycles. The number of Topliss-reactive ketones (excluding diaryl/α,β-unsaturated/α-hetero) is 3. The van der Waals surface area contributed by atoms with Gasteiger partial charge in [-0.1, -0.05) is 71.1 Å². The second kappa shape index (κ2) is 30.0. The van der Waals surface area contributed by atoms with Gasteiger partial charge in [-0.3, -0.25) is 24.0 Å². The Bertz CT molecular complexity index is 1970. The van der Waals surface area contributed by atoms with E-state index in [9.17, 15) is 44.1 Å². The van der Waals surface area contributed by atoms with Crippen LogP contribution in [0.2, 0.25) is 0 Å². The van der Waals surface area contributed by atoms with Crippen molar-refractivity contribution in [3.05, 3.63) is 47.6 Å². The number of carbonyl (C=O) groups is 6. The number of allylic oxidation sites excluding steroid dienone is 6. The number of rotatable bonds is 13. The Hall–Kier alpha value is -3.94. The lowest BCUT2D eigenvalue weighted by atomic mass is 9.78. The Morgan fingerprint density at radius 1 is 0.890 bits per heavy atom. The van der Waals surface area contributed by atoms with Crippen molar-refractivity contribution in [1.82, 2.24) is 4.90 Å². The summed E-state index contributed by atoms with van der Waals surface area (Å²) in [6.07, 6.45) is 11.6. The molecule has 3 aliphatic heterocycles. The molecule has 2 amide bonds. The maximum Gasteiger partial charge on any atom is 0.329 e. The summed E-state index contributed by atoms with van der Waals surface area (Å²) in [6.45, 7) is 12.9. The van der Waals surface area contributed by atoms with Gasteiger partial charge in [0.25, 0.3) is 11.7 Å². The Kier molecular flexibility index (Phi) is 25.3. The van der Waals surface area contributed by atoms with E-state index in [0.29, 0.717) is 63.4 Å². The number of amides is 2. The largest absolute Gasteiger partial charge is 0.460 e. The summed E-state index contributed by atoms with van der Waals surface area (Å²) < 4.78 is 36.1. The van der Waals surface area contributed by atoms with Crippen LogP contribution in [0.5, 0.6) is 0 Å². The van der Waals surface area contributed by atoms with E-state index in [1.807, 2.05) is 51.2 Å². The lowest BCUT2D eigenvalue weighted by Gasteiger charge is -2.43. The lowest BCUT2D eigenvalue weighted by Crippen LogP contribution is -2.61. The minimum atomic E-state index is -2.50. The molecule has 73 heavy (non-hydrogen) atoms. The van der Waals surface area contributed by atoms with Crippen LogP contribution in [0.4, 0.5) is 0 Å². The quantitative estimate of drug-likeness (QED) is 0.0733. The monoisotopic (exact) mass is 1030 g/mol. The van der Waals surface area contributed by atoms with Crippen LogP contribution < -0.4 is 5.73 Å². The van der Waals surface area contributed by atoms with Crippen molar-refractivity contribution in [2.45, 2.75) is 193 Å². The van der Waals surface area contributed by atoms with Gasteiger partial charge in [0.05, 0.1) is 37.6 Å². The number of piperidine rings is 1.